The molecule has 0 fully saturated rings. The molecule has 0 saturated carbocycles. The van der Waals surface area contributed by atoms with Gasteiger partial charge in [0, 0.05) is 24.0 Å². The van der Waals surface area contributed by atoms with E-state index in [0.717, 1.165) is 30.9 Å². The Bertz CT molecular complexity index is 840. The molecular formula is C24H34N2O4S. The standard InChI is InChI=1S/C24H34N2O4S/c1-4-11-25(15-18(27)5-2)16-24(28)26-12-9-23-21(10-13-31-23)22(26)17-30-20-8-6-7-19(14-20)29-3/h6-8,10,13-14,18,22,27H,4-5,9,11-12,15-17H2,1-3H3/t18-,22-/m1/s1. The summed E-state index contributed by atoms with van der Waals surface area (Å²) in [6, 6.07) is 9.54. The van der Waals surface area contributed by atoms with Crippen molar-refractivity contribution in [2.24, 2.45) is 0 Å². The third kappa shape index (κ3) is 6.21. The Balaban J connectivity index is 1.73. The van der Waals surface area contributed by atoms with Gasteiger partial charge in [-0.15, -0.1) is 11.3 Å². The molecule has 2 aromatic rings. The van der Waals surface area contributed by atoms with Crippen LogP contribution < -0.4 is 9.47 Å². The summed E-state index contributed by atoms with van der Waals surface area (Å²) in [5.41, 5.74) is 1.18. The van der Waals surface area contributed by atoms with Crippen molar-refractivity contribution >= 4 is 17.2 Å². The number of carbonyl (C=O) groups is 1. The first-order valence-corrected chi connectivity index (χ1v) is 12.0. The maximum atomic E-state index is 13.3. The minimum absolute atomic E-state index is 0.0906. The third-order valence-electron chi connectivity index (χ3n) is 5.70. The van der Waals surface area contributed by atoms with Crippen molar-refractivity contribution in [2.75, 3.05) is 39.9 Å². The normalized spacial score (nSPS) is 16.8. The molecule has 31 heavy (non-hydrogen) atoms. The second-order valence-electron chi connectivity index (χ2n) is 7.94. The topological polar surface area (TPSA) is 62.2 Å². The zero-order valence-electron chi connectivity index (χ0n) is 18.8. The van der Waals surface area contributed by atoms with E-state index in [-0.39, 0.29) is 11.9 Å². The van der Waals surface area contributed by atoms with Gasteiger partial charge in [0.05, 0.1) is 25.8 Å². The number of rotatable bonds is 11. The first-order chi connectivity index (χ1) is 15.0. The molecule has 6 nitrogen and oxygen atoms in total. The van der Waals surface area contributed by atoms with E-state index in [2.05, 4.69) is 23.3 Å². The van der Waals surface area contributed by atoms with Crippen LogP contribution in [0.25, 0.3) is 0 Å². The van der Waals surface area contributed by atoms with Gasteiger partial charge in [-0.3, -0.25) is 9.69 Å². The van der Waals surface area contributed by atoms with Crippen LogP contribution in [-0.4, -0.2) is 66.8 Å². The lowest BCUT2D eigenvalue weighted by atomic mass is 10.0. The van der Waals surface area contributed by atoms with Crippen molar-refractivity contribution in [3.8, 4) is 11.5 Å². The van der Waals surface area contributed by atoms with Crippen LogP contribution in [0, 0.1) is 0 Å². The van der Waals surface area contributed by atoms with E-state index in [1.807, 2.05) is 36.1 Å². The molecule has 1 amide bonds. The number of hydrogen-bond acceptors (Lipinski definition) is 6. The molecule has 3 rings (SSSR count). The van der Waals surface area contributed by atoms with E-state index in [4.69, 9.17) is 9.47 Å². The maximum absolute atomic E-state index is 13.3. The van der Waals surface area contributed by atoms with Gasteiger partial charge in [-0.2, -0.15) is 0 Å². The quantitative estimate of drug-likeness (QED) is 0.570. The zero-order valence-corrected chi connectivity index (χ0v) is 19.6. The Morgan fingerprint density at radius 1 is 1.32 bits per heavy atom. The van der Waals surface area contributed by atoms with Crippen molar-refractivity contribution in [1.29, 1.82) is 0 Å². The fraction of sp³-hybridized carbons (Fsp3) is 0.542. The fourth-order valence-electron chi connectivity index (χ4n) is 4.00. The summed E-state index contributed by atoms with van der Waals surface area (Å²) in [5.74, 6) is 1.57. The molecule has 2 heterocycles. The van der Waals surface area contributed by atoms with Gasteiger partial charge in [0.1, 0.15) is 18.1 Å². The van der Waals surface area contributed by atoms with Gasteiger partial charge in [0.25, 0.3) is 0 Å². The molecule has 0 spiro atoms. The van der Waals surface area contributed by atoms with Crippen molar-refractivity contribution < 1.29 is 19.4 Å². The molecule has 0 saturated heterocycles. The predicted molar refractivity (Wildman–Crippen MR) is 124 cm³/mol. The van der Waals surface area contributed by atoms with Gasteiger partial charge in [-0.1, -0.05) is 19.9 Å². The van der Waals surface area contributed by atoms with Crippen LogP contribution in [0.15, 0.2) is 35.7 Å². The van der Waals surface area contributed by atoms with E-state index in [1.165, 1.54) is 10.4 Å². The summed E-state index contributed by atoms with van der Waals surface area (Å²) in [7, 11) is 1.63. The number of thiophene rings is 1. The second-order valence-corrected chi connectivity index (χ2v) is 8.94. The summed E-state index contributed by atoms with van der Waals surface area (Å²) >= 11 is 1.75. The minimum Gasteiger partial charge on any atom is -0.497 e. The highest BCUT2D eigenvalue weighted by molar-refractivity contribution is 7.10. The number of methoxy groups -OCH3 is 1. The molecule has 1 N–H and O–H groups in total. The number of aliphatic hydroxyl groups is 1. The third-order valence-corrected chi connectivity index (χ3v) is 6.70. The molecule has 1 aromatic heterocycles. The first kappa shape index (κ1) is 23.6. The highest BCUT2D eigenvalue weighted by Crippen LogP contribution is 2.34. The van der Waals surface area contributed by atoms with Crippen molar-refractivity contribution in [3.05, 3.63) is 46.2 Å². The fourth-order valence-corrected chi connectivity index (χ4v) is 4.93. The van der Waals surface area contributed by atoms with E-state index >= 15 is 0 Å². The van der Waals surface area contributed by atoms with Gasteiger partial charge in [0.2, 0.25) is 5.91 Å². The van der Waals surface area contributed by atoms with Crippen LogP contribution in [0.2, 0.25) is 0 Å². The SMILES string of the molecule is CCCN(CC(=O)N1CCc2sccc2[C@H]1COc1cccc(OC)c1)C[C@H](O)CC. The van der Waals surface area contributed by atoms with Gasteiger partial charge in [-0.05, 0) is 54.9 Å². The minimum atomic E-state index is -0.406. The summed E-state index contributed by atoms with van der Waals surface area (Å²) in [4.78, 5) is 18.7. The summed E-state index contributed by atoms with van der Waals surface area (Å²) in [5, 5.41) is 12.2. The summed E-state index contributed by atoms with van der Waals surface area (Å²) < 4.78 is 11.4. The molecule has 170 valence electrons. The predicted octanol–water partition coefficient (Wildman–Crippen LogP) is 3.74. The van der Waals surface area contributed by atoms with Crippen molar-refractivity contribution in [1.82, 2.24) is 9.80 Å². The van der Waals surface area contributed by atoms with E-state index in [9.17, 15) is 9.90 Å². The van der Waals surface area contributed by atoms with Gasteiger partial charge >= 0.3 is 0 Å². The van der Waals surface area contributed by atoms with Crippen LogP contribution >= 0.6 is 11.3 Å². The zero-order chi connectivity index (χ0) is 22.2. The van der Waals surface area contributed by atoms with Crippen LogP contribution in [0.3, 0.4) is 0 Å². The van der Waals surface area contributed by atoms with E-state index < -0.39 is 6.10 Å². The molecule has 2 atom stereocenters. The average Bonchev–Trinajstić information content (AvgIpc) is 3.26. The van der Waals surface area contributed by atoms with Crippen LogP contribution in [0.4, 0.5) is 0 Å². The molecule has 0 radical (unpaired) electrons. The van der Waals surface area contributed by atoms with Crippen LogP contribution in [-0.2, 0) is 11.2 Å². The molecule has 1 aliphatic heterocycles. The molecule has 7 heteroatoms. The average molecular weight is 447 g/mol. The van der Waals surface area contributed by atoms with Gasteiger partial charge in [-0.25, -0.2) is 0 Å². The number of fused-ring (bicyclic) bond motifs is 1. The Morgan fingerprint density at radius 3 is 2.87 bits per heavy atom. The van der Waals surface area contributed by atoms with Crippen molar-refractivity contribution in [2.45, 2.75) is 45.3 Å². The van der Waals surface area contributed by atoms with Crippen molar-refractivity contribution in [3.63, 3.8) is 0 Å². The second kappa shape index (κ2) is 11.5. The molecule has 1 aromatic carbocycles. The molecule has 0 unspecified atom stereocenters. The molecular weight excluding hydrogens is 412 g/mol. The number of benzene rings is 1. The lowest BCUT2D eigenvalue weighted by Crippen LogP contribution is -2.47. The Hall–Kier alpha value is -2.09. The Labute approximate surface area is 189 Å². The highest BCUT2D eigenvalue weighted by Gasteiger charge is 2.33. The number of hydrogen-bond donors (Lipinski definition) is 1. The smallest absolute Gasteiger partial charge is 0.237 e. The monoisotopic (exact) mass is 446 g/mol. The highest BCUT2D eigenvalue weighted by atomic mass is 32.1. The van der Waals surface area contributed by atoms with E-state index in [1.54, 1.807) is 18.4 Å². The lowest BCUT2D eigenvalue weighted by Gasteiger charge is -2.37. The first-order valence-electron chi connectivity index (χ1n) is 11.1. The number of aliphatic hydroxyl groups excluding tert-OH is 1. The van der Waals surface area contributed by atoms with Crippen LogP contribution in [0.5, 0.6) is 11.5 Å². The largest absolute Gasteiger partial charge is 0.497 e. The lowest BCUT2D eigenvalue weighted by molar-refractivity contribution is -0.136. The molecule has 0 bridgehead atoms. The van der Waals surface area contributed by atoms with Gasteiger partial charge in [0.15, 0.2) is 0 Å². The van der Waals surface area contributed by atoms with Crippen LogP contribution in [0.1, 0.15) is 43.2 Å². The molecule has 1 aliphatic rings. The van der Waals surface area contributed by atoms with Gasteiger partial charge < -0.3 is 19.5 Å². The number of ether oxygens (including phenoxy) is 2. The summed E-state index contributed by atoms with van der Waals surface area (Å²) in [6.07, 6.45) is 2.10. The summed E-state index contributed by atoms with van der Waals surface area (Å²) in [6.45, 7) is 6.79. The number of carbonyl (C=O) groups excluding carboxylic acids is 1. The Kier molecular flexibility index (Phi) is 8.75. The Morgan fingerprint density at radius 2 is 2.13 bits per heavy atom. The number of nitrogens with zero attached hydrogens (tertiary/aromatic N) is 2. The van der Waals surface area contributed by atoms with E-state index in [0.29, 0.717) is 32.7 Å². The number of amides is 1. The molecule has 0 aliphatic carbocycles. The maximum Gasteiger partial charge on any atom is 0.237 e.